The van der Waals surface area contributed by atoms with Crippen LogP contribution in [0.15, 0.2) is 24.3 Å². The third-order valence-corrected chi connectivity index (χ3v) is 6.98. The summed E-state index contributed by atoms with van der Waals surface area (Å²) in [5.41, 5.74) is 0.744. The summed E-state index contributed by atoms with van der Waals surface area (Å²) in [6.07, 6.45) is 6.43. The first kappa shape index (κ1) is 16.8. The van der Waals surface area contributed by atoms with Gasteiger partial charge in [-0.3, -0.25) is 9.59 Å². The topological polar surface area (TPSA) is 58.6 Å². The molecule has 2 aliphatic heterocycles. The van der Waals surface area contributed by atoms with Gasteiger partial charge in [0.05, 0.1) is 11.0 Å². The monoisotopic (exact) mass is 360 g/mol. The summed E-state index contributed by atoms with van der Waals surface area (Å²) in [5, 5.41) is 2.95. The van der Waals surface area contributed by atoms with E-state index in [1.807, 2.05) is 24.3 Å². The normalized spacial score (nSPS) is 29.1. The number of thioether (sulfide) groups is 1. The van der Waals surface area contributed by atoms with Crippen molar-refractivity contribution in [2.24, 2.45) is 0 Å². The van der Waals surface area contributed by atoms with Gasteiger partial charge in [-0.25, -0.2) is 0 Å². The zero-order valence-electron chi connectivity index (χ0n) is 14.5. The fraction of sp³-hybridized carbons (Fsp3) is 0.579. The summed E-state index contributed by atoms with van der Waals surface area (Å²) in [6.45, 7) is 2.06. The summed E-state index contributed by atoms with van der Waals surface area (Å²) in [7, 11) is 0. The lowest BCUT2D eigenvalue weighted by Gasteiger charge is -2.29. The van der Waals surface area contributed by atoms with Crippen LogP contribution in [0.25, 0.3) is 0 Å². The summed E-state index contributed by atoms with van der Waals surface area (Å²) in [6, 6.07) is 7.18. The Labute approximate surface area is 152 Å². The zero-order chi connectivity index (χ0) is 17.4. The minimum atomic E-state index is -0.376. The molecule has 0 aromatic heterocycles. The van der Waals surface area contributed by atoms with Gasteiger partial charge in [-0.15, -0.1) is 11.8 Å². The van der Waals surface area contributed by atoms with Crippen LogP contribution in [0.4, 0.5) is 5.69 Å². The fourth-order valence-corrected chi connectivity index (χ4v) is 5.49. The molecule has 5 nitrogen and oxygen atoms in total. The third-order valence-electron chi connectivity index (χ3n) is 5.47. The Bertz CT molecular complexity index is 672. The van der Waals surface area contributed by atoms with Crippen molar-refractivity contribution >= 4 is 29.3 Å². The van der Waals surface area contributed by atoms with Crippen LogP contribution in [0.1, 0.15) is 45.4 Å². The Morgan fingerprint density at radius 2 is 2.00 bits per heavy atom. The van der Waals surface area contributed by atoms with Gasteiger partial charge >= 0.3 is 0 Å². The Morgan fingerprint density at radius 3 is 2.72 bits per heavy atom. The molecule has 1 aromatic rings. The van der Waals surface area contributed by atoms with Gasteiger partial charge < -0.3 is 15.0 Å². The molecule has 1 saturated carbocycles. The van der Waals surface area contributed by atoms with Crippen molar-refractivity contribution in [2.45, 2.75) is 62.5 Å². The Morgan fingerprint density at radius 1 is 1.28 bits per heavy atom. The second kappa shape index (κ2) is 6.56. The van der Waals surface area contributed by atoms with Gasteiger partial charge in [0.25, 0.3) is 0 Å². The molecule has 0 spiro atoms. The number of nitrogens with one attached hydrogen (secondary N) is 1. The van der Waals surface area contributed by atoms with Crippen molar-refractivity contribution in [3.05, 3.63) is 24.3 Å². The second-order valence-electron chi connectivity index (χ2n) is 7.30. The maximum absolute atomic E-state index is 12.7. The summed E-state index contributed by atoms with van der Waals surface area (Å²) < 4.78 is 5.95. The number of nitrogens with zero attached hydrogens (tertiary/aromatic N) is 1. The van der Waals surface area contributed by atoms with Crippen LogP contribution < -0.4 is 10.1 Å². The Hall–Kier alpha value is -1.69. The molecule has 2 atom stereocenters. The highest BCUT2D eigenvalue weighted by Gasteiger charge is 2.52. The van der Waals surface area contributed by atoms with Gasteiger partial charge in [0, 0.05) is 17.9 Å². The maximum Gasteiger partial charge on any atom is 0.248 e. The first-order valence-electron chi connectivity index (χ1n) is 9.09. The van der Waals surface area contributed by atoms with Gasteiger partial charge in [0.1, 0.15) is 11.8 Å². The SMILES string of the molecule is CC12CCC(=O)N1C(C(=O)Nc1ccc(OC3CCCC3)cc1)CS2. The van der Waals surface area contributed by atoms with Crippen LogP contribution in [0.3, 0.4) is 0 Å². The van der Waals surface area contributed by atoms with Gasteiger partial charge in [0.15, 0.2) is 0 Å². The number of rotatable bonds is 4. The van der Waals surface area contributed by atoms with Gasteiger partial charge in [0.2, 0.25) is 11.8 Å². The number of carbonyl (C=O) groups excluding carboxylic acids is 2. The quantitative estimate of drug-likeness (QED) is 0.894. The van der Waals surface area contributed by atoms with Gasteiger partial charge in [-0.05, 0) is 63.3 Å². The van der Waals surface area contributed by atoms with Crippen LogP contribution >= 0.6 is 11.8 Å². The van der Waals surface area contributed by atoms with Crippen LogP contribution in [-0.2, 0) is 9.59 Å². The van der Waals surface area contributed by atoms with E-state index in [9.17, 15) is 9.59 Å². The Kier molecular flexibility index (Phi) is 4.40. The average Bonchev–Trinajstić information content (AvgIpc) is 3.28. The molecule has 1 N–H and O–H groups in total. The Balaban J connectivity index is 1.38. The standard InChI is InChI=1S/C19H24N2O3S/c1-19-11-10-17(22)21(19)16(12-25-19)18(23)20-13-6-8-15(9-7-13)24-14-4-2-3-5-14/h6-9,14,16H,2-5,10-12H2,1H3,(H,20,23). The summed E-state index contributed by atoms with van der Waals surface area (Å²) in [5.74, 6) is 1.50. The number of amides is 2. The summed E-state index contributed by atoms with van der Waals surface area (Å²) in [4.78, 5) is 26.4. The lowest BCUT2D eigenvalue weighted by molar-refractivity contribution is -0.135. The zero-order valence-corrected chi connectivity index (χ0v) is 15.3. The van der Waals surface area contributed by atoms with E-state index in [2.05, 4.69) is 12.2 Å². The van der Waals surface area contributed by atoms with Crippen molar-refractivity contribution in [1.82, 2.24) is 4.90 Å². The molecule has 2 amide bonds. The van der Waals surface area contributed by atoms with Gasteiger partial charge in [-0.2, -0.15) is 0 Å². The van der Waals surface area contributed by atoms with Gasteiger partial charge in [-0.1, -0.05) is 0 Å². The van der Waals surface area contributed by atoms with Crippen molar-refractivity contribution < 1.29 is 14.3 Å². The minimum Gasteiger partial charge on any atom is -0.490 e. The van der Waals surface area contributed by atoms with Crippen molar-refractivity contribution in [2.75, 3.05) is 11.1 Å². The number of benzene rings is 1. The average molecular weight is 360 g/mol. The number of anilines is 1. The van der Waals surface area contributed by atoms with E-state index in [0.29, 0.717) is 18.3 Å². The summed E-state index contributed by atoms with van der Waals surface area (Å²) >= 11 is 1.71. The third kappa shape index (κ3) is 3.24. The maximum atomic E-state index is 12.7. The van der Waals surface area contributed by atoms with E-state index < -0.39 is 0 Å². The highest BCUT2D eigenvalue weighted by atomic mass is 32.2. The number of hydrogen-bond acceptors (Lipinski definition) is 4. The molecule has 4 rings (SSSR count). The van der Waals surface area contributed by atoms with E-state index in [-0.39, 0.29) is 22.7 Å². The fourth-order valence-electron chi connectivity index (χ4n) is 4.06. The molecule has 2 unspecified atom stereocenters. The predicted octanol–water partition coefficient (Wildman–Crippen LogP) is 3.40. The molecule has 6 heteroatoms. The molecule has 3 fully saturated rings. The molecular formula is C19H24N2O3S. The van der Waals surface area contributed by atoms with E-state index in [4.69, 9.17) is 4.74 Å². The largest absolute Gasteiger partial charge is 0.490 e. The lowest BCUT2D eigenvalue weighted by atomic mass is 10.2. The van der Waals surface area contributed by atoms with Crippen molar-refractivity contribution in [1.29, 1.82) is 0 Å². The van der Waals surface area contributed by atoms with Crippen LogP contribution in [-0.4, -0.2) is 39.5 Å². The molecule has 0 radical (unpaired) electrons. The van der Waals surface area contributed by atoms with E-state index in [1.165, 1.54) is 12.8 Å². The highest BCUT2D eigenvalue weighted by Crippen LogP contribution is 2.47. The van der Waals surface area contributed by atoms with Crippen LogP contribution in [0, 0.1) is 0 Å². The smallest absolute Gasteiger partial charge is 0.248 e. The van der Waals surface area contributed by atoms with E-state index in [1.54, 1.807) is 16.7 Å². The van der Waals surface area contributed by atoms with E-state index >= 15 is 0 Å². The predicted molar refractivity (Wildman–Crippen MR) is 98.7 cm³/mol. The van der Waals surface area contributed by atoms with E-state index in [0.717, 1.165) is 30.7 Å². The molecule has 2 heterocycles. The molecular weight excluding hydrogens is 336 g/mol. The molecule has 134 valence electrons. The molecule has 1 aromatic carbocycles. The van der Waals surface area contributed by atoms with Crippen molar-refractivity contribution in [3.8, 4) is 5.75 Å². The molecule has 25 heavy (non-hydrogen) atoms. The number of hydrogen-bond donors (Lipinski definition) is 1. The van der Waals surface area contributed by atoms with Crippen molar-refractivity contribution in [3.63, 3.8) is 0 Å². The van der Waals surface area contributed by atoms with Crippen LogP contribution in [0.2, 0.25) is 0 Å². The lowest BCUT2D eigenvalue weighted by Crippen LogP contribution is -2.48. The first-order chi connectivity index (χ1) is 12.0. The highest BCUT2D eigenvalue weighted by molar-refractivity contribution is 8.01. The first-order valence-corrected chi connectivity index (χ1v) is 10.1. The number of carbonyl (C=O) groups is 2. The number of ether oxygens (including phenoxy) is 1. The molecule has 1 aliphatic carbocycles. The second-order valence-corrected chi connectivity index (χ2v) is 8.81. The molecule has 2 saturated heterocycles. The molecule has 3 aliphatic rings. The minimum absolute atomic E-state index is 0.0907. The molecule has 0 bridgehead atoms. The van der Waals surface area contributed by atoms with Crippen LogP contribution in [0.5, 0.6) is 5.75 Å². The number of fused-ring (bicyclic) bond motifs is 1.